The molecule has 76 valence electrons. The summed E-state index contributed by atoms with van der Waals surface area (Å²) in [5.74, 6) is 0.574. The Morgan fingerprint density at radius 1 is 1.29 bits per heavy atom. The van der Waals surface area contributed by atoms with E-state index in [-0.39, 0.29) is 0 Å². The van der Waals surface area contributed by atoms with Gasteiger partial charge < -0.3 is 5.32 Å². The molecule has 0 radical (unpaired) electrons. The van der Waals surface area contributed by atoms with E-state index in [1.807, 2.05) is 12.1 Å². The standard InChI is InChI=1S/C11H13Cl2N/c1-7-9(4-5-14-7)8-2-3-10(12)11(13)6-8/h2-3,6-7,9,14H,4-5H2,1H3. The van der Waals surface area contributed by atoms with Crippen molar-refractivity contribution in [3.05, 3.63) is 33.8 Å². The zero-order valence-electron chi connectivity index (χ0n) is 8.06. The lowest BCUT2D eigenvalue weighted by Crippen LogP contribution is -2.21. The second-order valence-corrected chi connectivity index (χ2v) is 4.63. The molecule has 2 unspecified atom stereocenters. The highest BCUT2D eigenvalue weighted by atomic mass is 35.5. The Labute approximate surface area is 94.4 Å². The highest BCUT2D eigenvalue weighted by molar-refractivity contribution is 6.42. The third-order valence-corrected chi connectivity index (χ3v) is 3.64. The predicted octanol–water partition coefficient (Wildman–Crippen LogP) is 3.46. The smallest absolute Gasteiger partial charge is 0.0595 e. The molecule has 1 nitrogen and oxygen atoms in total. The third kappa shape index (κ3) is 1.90. The monoisotopic (exact) mass is 229 g/mol. The summed E-state index contributed by atoms with van der Waals surface area (Å²) in [7, 11) is 0. The molecule has 1 aromatic rings. The molecule has 3 heteroatoms. The fraction of sp³-hybridized carbons (Fsp3) is 0.455. The van der Waals surface area contributed by atoms with Gasteiger partial charge in [-0.1, -0.05) is 29.3 Å². The van der Waals surface area contributed by atoms with E-state index >= 15 is 0 Å². The molecule has 1 heterocycles. The second kappa shape index (κ2) is 4.09. The molecule has 0 bridgehead atoms. The molecular weight excluding hydrogens is 217 g/mol. The molecule has 0 saturated carbocycles. The maximum atomic E-state index is 5.99. The molecule has 1 saturated heterocycles. The van der Waals surface area contributed by atoms with Gasteiger partial charge in [0.25, 0.3) is 0 Å². The Morgan fingerprint density at radius 2 is 2.07 bits per heavy atom. The lowest BCUT2D eigenvalue weighted by molar-refractivity contribution is 0.594. The van der Waals surface area contributed by atoms with Crippen LogP contribution in [0.25, 0.3) is 0 Å². The molecule has 0 aliphatic carbocycles. The average Bonchev–Trinajstić information content (AvgIpc) is 2.57. The maximum absolute atomic E-state index is 5.99. The van der Waals surface area contributed by atoms with Crippen molar-refractivity contribution in [2.75, 3.05) is 6.54 Å². The summed E-state index contributed by atoms with van der Waals surface area (Å²) < 4.78 is 0. The summed E-state index contributed by atoms with van der Waals surface area (Å²) in [6.07, 6.45) is 1.18. The number of hydrogen-bond donors (Lipinski definition) is 1. The van der Waals surface area contributed by atoms with Crippen LogP contribution in [-0.4, -0.2) is 12.6 Å². The number of benzene rings is 1. The van der Waals surface area contributed by atoms with Crippen LogP contribution in [0.1, 0.15) is 24.8 Å². The van der Waals surface area contributed by atoms with Gasteiger partial charge in [0.2, 0.25) is 0 Å². The summed E-state index contributed by atoms with van der Waals surface area (Å²) in [6, 6.07) is 6.47. The number of nitrogens with one attached hydrogen (secondary N) is 1. The Kier molecular flexibility index (Phi) is 3.01. The van der Waals surface area contributed by atoms with Crippen LogP contribution in [0, 0.1) is 0 Å². The topological polar surface area (TPSA) is 12.0 Å². The third-order valence-electron chi connectivity index (χ3n) is 2.90. The van der Waals surface area contributed by atoms with Crippen LogP contribution < -0.4 is 5.32 Å². The predicted molar refractivity (Wildman–Crippen MR) is 61.3 cm³/mol. The van der Waals surface area contributed by atoms with Gasteiger partial charge in [0.15, 0.2) is 0 Å². The van der Waals surface area contributed by atoms with Crippen LogP contribution in [0.3, 0.4) is 0 Å². The van der Waals surface area contributed by atoms with Gasteiger partial charge in [0, 0.05) is 12.0 Å². The lowest BCUT2D eigenvalue weighted by atomic mass is 9.93. The minimum Gasteiger partial charge on any atom is -0.314 e. The summed E-state index contributed by atoms with van der Waals surface area (Å²) >= 11 is 11.9. The Balaban J connectivity index is 2.28. The normalized spacial score (nSPS) is 26.8. The van der Waals surface area contributed by atoms with Crippen molar-refractivity contribution in [3.8, 4) is 0 Å². The van der Waals surface area contributed by atoms with Gasteiger partial charge in [0.05, 0.1) is 10.0 Å². The number of rotatable bonds is 1. The van der Waals surface area contributed by atoms with Gasteiger partial charge in [-0.2, -0.15) is 0 Å². The van der Waals surface area contributed by atoms with Crippen LogP contribution in [0.2, 0.25) is 10.0 Å². The van der Waals surface area contributed by atoms with Gasteiger partial charge in [-0.15, -0.1) is 0 Å². The fourth-order valence-electron chi connectivity index (χ4n) is 2.06. The first-order valence-corrected chi connectivity index (χ1v) is 5.62. The number of halogens is 2. The van der Waals surface area contributed by atoms with Crippen molar-refractivity contribution >= 4 is 23.2 Å². The van der Waals surface area contributed by atoms with Gasteiger partial charge in [0.1, 0.15) is 0 Å². The molecule has 2 atom stereocenters. The second-order valence-electron chi connectivity index (χ2n) is 3.81. The van der Waals surface area contributed by atoms with E-state index in [1.165, 1.54) is 12.0 Å². The molecule has 0 aromatic heterocycles. The van der Waals surface area contributed by atoms with E-state index in [0.29, 0.717) is 22.0 Å². The Bertz CT molecular complexity index is 338. The summed E-state index contributed by atoms with van der Waals surface area (Å²) in [4.78, 5) is 0. The van der Waals surface area contributed by atoms with Crippen LogP contribution >= 0.6 is 23.2 Å². The summed E-state index contributed by atoms with van der Waals surface area (Å²) in [6.45, 7) is 3.30. The minimum absolute atomic E-state index is 0.534. The Hall–Kier alpha value is -0.240. The van der Waals surface area contributed by atoms with E-state index in [4.69, 9.17) is 23.2 Å². The first-order chi connectivity index (χ1) is 6.68. The highest BCUT2D eigenvalue weighted by Crippen LogP contribution is 2.31. The average molecular weight is 230 g/mol. The van der Waals surface area contributed by atoms with Crippen molar-refractivity contribution in [3.63, 3.8) is 0 Å². The summed E-state index contributed by atoms with van der Waals surface area (Å²) in [5.41, 5.74) is 1.29. The SMILES string of the molecule is CC1NCCC1c1ccc(Cl)c(Cl)c1. The van der Waals surface area contributed by atoms with E-state index in [2.05, 4.69) is 18.3 Å². The largest absolute Gasteiger partial charge is 0.314 e. The van der Waals surface area contributed by atoms with Crippen LogP contribution in [-0.2, 0) is 0 Å². The quantitative estimate of drug-likeness (QED) is 0.778. The molecule has 1 aliphatic rings. The van der Waals surface area contributed by atoms with Crippen molar-refractivity contribution in [2.24, 2.45) is 0 Å². The van der Waals surface area contributed by atoms with Gasteiger partial charge in [-0.05, 0) is 37.6 Å². The van der Waals surface area contributed by atoms with Gasteiger partial charge in [-0.3, -0.25) is 0 Å². The molecule has 1 fully saturated rings. The first-order valence-electron chi connectivity index (χ1n) is 4.87. The highest BCUT2D eigenvalue weighted by Gasteiger charge is 2.24. The Morgan fingerprint density at radius 3 is 2.64 bits per heavy atom. The molecule has 1 aromatic carbocycles. The number of hydrogen-bond acceptors (Lipinski definition) is 1. The van der Waals surface area contributed by atoms with Gasteiger partial charge in [-0.25, -0.2) is 0 Å². The fourth-order valence-corrected chi connectivity index (χ4v) is 2.36. The van der Waals surface area contributed by atoms with Crippen molar-refractivity contribution in [1.29, 1.82) is 0 Å². The lowest BCUT2D eigenvalue weighted by Gasteiger charge is -2.15. The van der Waals surface area contributed by atoms with Crippen LogP contribution in [0.4, 0.5) is 0 Å². The van der Waals surface area contributed by atoms with E-state index < -0.39 is 0 Å². The van der Waals surface area contributed by atoms with Crippen LogP contribution in [0.5, 0.6) is 0 Å². The van der Waals surface area contributed by atoms with Crippen molar-refractivity contribution in [1.82, 2.24) is 5.32 Å². The zero-order valence-corrected chi connectivity index (χ0v) is 9.57. The first kappa shape index (κ1) is 10.3. The molecule has 0 amide bonds. The molecule has 0 spiro atoms. The maximum Gasteiger partial charge on any atom is 0.0595 e. The molecule has 2 rings (SSSR count). The summed E-state index contributed by atoms with van der Waals surface area (Å²) in [5, 5.41) is 4.72. The zero-order chi connectivity index (χ0) is 10.1. The van der Waals surface area contributed by atoms with Crippen LogP contribution in [0.15, 0.2) is 18.2 Å². The molecule has 14 heavy (non-hydrogen) atoms. The van der Waals surface area contributed by atoms with Crippen molar-refractivity contribution < 1.29 is 0 Å². The van der Waals surface area contributed by atoms with E-state index in [0.717, 1.165) is 6.54 Å². The van der Waals surface area contributed by atoms with E-state index in [1.54, 1.807) is 0 Å². The minimum atomic E-state index is 0.534. The molecule has 1 N–H and O–H groups in total. The van der Waals surface area contributed by atoms with E-state index in [9.17, 15) is 0 Å². The van der Waals surface area contributed by atoms with Crippen molar-refractivity contribution in [2.45, 2.75) is 25.3 Å². The molecule has 1 aliphatic heterocycles. The van der Waals surface area contributed by atoms with Gasteiger partial charge >= 0.3 is 0 Å². The molecular formula is C11H13Cl2N.